The first-order valence-corrected chi connectivity index (χ1v) is 11.7. The Morgan fingerprint density at radius 1 is 0.667 bits per heavy atom. The number of aliphatic hydroxyl groups is 2. The van der Waals surface area contributed by atoms with Gasteiger partial charge in [0.25, 0.3) is 0 Å². The third-order valence-corrected chi connectivity index (χ3v) is 5.76. The number of anilines is 2. The van der Waals surface area contributed by atoms with Crippen molar-refractivity contribution in [3.63, 3.8) is 0 Å². The van der Waals surface area contributed by atoms with Crippen molar-refractivity contribution in [3.8, 4) is 5.75 Å². The van der Waals surface area contributed by atoms with Crippen LogP contribution >= 0.6 is 24.8 Å². The van der Waals surface area contributed by atoms with Gasteiger partial charge in [-0.3, -0.25) is 9.59 Å². The number of phenols is 1. The Kier molecular flexibility index (Phi) is 13.2. The quantitative estimate of drug-likeness (QED) is 0.161. The first-order chi connectivity index (χ1) is 16.4. The van der Waals surface area contributed by atoms with Crippen molar-refractivity contribution in [2.24, 2.45) is 0 Å². The second-order valence-corrected chi connectivity index (χ2v) is 8.45. The first-order valence-electron chi connectivity index (χ1n) is 11.7. The highest BCUT2D eigenvalue weighted by Gasteiger charge is 2.37. The van der Waals surface area contributed by atoms with Gasteiger partial charge in [-0.25, -0.2) is 0 Å². The van der Waals surface area contributed by atoms with Crippen LogP contribution in [0.5, 0.6) is 5.75 Å². The van der Waals surface area contributed by atoms with Crippen molar-refractivity contribution < 1.29 is 24.9 Å². The highest BCUT2D eigenvalue weighted by Crippen LogP contribution is 2.42. The zero-order valence-corrected chi connectivity index (χ0v) is 22.2. The lowest BCUT2D eigenvalue weighted by molar-refractivity contribution is 0.0976. The Labute approximate surface area is 223 Å². The fourth-order valence-electron chi connectivity index (χ4n) is 4.16. The summed E-state index contributed by atoms with van der Waals surface area (Å²) in [5.74, 6) is -0.897. The van der Waals surface area contributed by atoms with E-state index in [4.69, 9.17) is 10.2 Å². The number of nitrogens with one attached hydrogen (secondary N) is 4. The number of hydrogen-bond acceptors (Lipinski definition) is 9. The molecular weight excluding hydrogens is 507 g/mol. The topological polar surface area (TPSA) is 143 Å². The summed E-state index contributed by atoms with van der Waals surface area (Å²) in [6.45, 7) is 7.01. The van der Waals surface area contributed by atoms with E-state index in [1.807, 2.05) is 13.8 Å². The lowest BCUT2D eigenvalue weighted by Gasteiger charge is -2.26. The third kappa shape index (κ3) is 6.88. The number of ketones is 2. The molecule has 200 valence electrons. The molecule has 0 fully saturated rings. The van der Waals surface area contributed by atoms with E-state index in [-0.39, 0.29) is 72.2 Å². The van der Waals surface area contributed by atoms with Crippen LogP contribution in [0.4, 0.5) is 11.4 Å². The molecule has 0 saturated carbocycles. The van der Waals surface area contributed by atoms with E-state index in [1.165, 1.54) is 6.07 Å². The van der Waals surface area contributed by atoms with Crippen LogP contribution in [0.2, 0.25) is 0 Å². The molecule has 0 unspecified atom stereocenters. The molecule has 36 heavy (non-hydrogen) atoms. The van der Waals surface area contributed by atoms with E-state index in [1.54, 1.807) is 18.2 Å². The first kappa shape index (κ1) is 31.6. The van der Waals surface area contributed by atoms with Gasteiger partial charge in [0.15, 0.2) is 11.6 Å². The molecule has 0 amide bonds. The smallest absolute Gasteiger partial charge is 0.200 e. The summed E-state index contributed by atoms with van der Waals surface area (Å²) in [7, 11) is 0. The highest BCUT2D eigenvalue weighted by atomic mass is 35.5. The number of carbonyl (C=O) groups is 2. The molecule has 2 aromatic carbocycles. The molecular formula is C25H36Cl2N4O5. The molecule has 1 aliphatic rings. The highest BCUT2D eigenvalue weighted by molar-refractivity contribution is 6.33. The molecule has 0 aromatic heterocycles. The van der Waals surface area contributed by atoms with Gasteiger partial charge in [0, 0.05) is 56.2 Å². The van der Waals surface area contributed by atoms with Crippen LogP contribution in [0.15, 0.2) is 24.3 Å². The second kappa shape index (κ2) is 15.0. The van der Waals surface area contributed by atoms with Crippen LogP contribution in [0.3, 0.4) is 0 Å². The fraction of sp³-hybridized carbons (Fsp3) is 0.440. The summed E-state index contributed by atoms with van der Waals surface area (Å²) >= 11 is 0. The number of rotatable bonds is 13. The lowest BCUT2D eigenvalue weighted by Crippen LogP contribution is -2.29. The van der Waals surface area contributed by atoms with Crippen LogP contribution in [-0.2, 0) is 0 Å². The Morgan fingerprint density at radius 2 is 1.14 bits per heavy atom. The van der Waals surface area contributed by atoms with E-state index in [2.05, 4.69) is 21.3 Å². The van der Waals surface area contributed by atoms with E-state index in [0.29, 0.717) is 56.2 Å². The zero-order valence-electron chi connectivity index (χ0n) is 20.5. The summed E-state index contributed by atoms with van der Waals surface area (Å²) in [6.07, 6.45) is 0. The predicted octanol–water partition coefficient (Wildman–Crippen LogP) is 2.12. The predicted molar refractivity (Wildman–Crippen MR) is 147 cm³/mol. The maximum atomic E-state index is 13.8. The number of aliphatic hydroxyl groups excluding tert-OH is 2. The van der Waals surface area contributed by atoms with Crippen molar-refractivity contribution in [2.75, 3.05) is 63.1 Å². The molecule has 0 radical (unpaired) electrons. The summed E-state index contributed by atoms with van der Waals surface area (Å²) in [4.78, 5) is 27.5. The Bertz CT molecular complexity index is 1050. The molecule has 1 aliphatic carbocycles. The Morgan fingerprint density at radius 3 is 1.58 bits per heavy atom. The van der Waals surface area contributed by atoms with Crippen LogP contribution in [0, 0.1) is 0 Å². The van der Waals surface area contributed by atoms with E-state index in [9.17, 15) is 14.7 Å². The van der Waals surface area contributed by atoms with Crippen LogP contribution in [0.25, 0.3) is 0 Å². The summed E-state index contributed by atoms with van der Waals surface area (Å²) in [5, 5.41) is 41.0. The number of aromatic hydroxyl groups is 1. The molecule has 0 atom stereocenters. The molecule has 0 spiro atoms. The fourth-order valence-corrected chi connectivity index (χ4v) is 4.16. The molecule has 2 aromatic rings. The third-order valence-electron chi connectivity index (χ3n) is 5.76. The maximum absolute atomic E-state index is 13.8. The number of halogens is 2. The van der Waals surface area contributed by atoms with Gasteiger partial charge in [-0.05, 0) is 29.7 Å². The molecule has 0 bridgehead atoms. The number of phenolic OH excluding ortho intramolecular Hbond substituents is 1. The Balaban J connectivity index is 0.00000324. The monoisotopic (exact) mass is 542 g/mol. The molecule has 7 N–H and O–H groups in total. The van der Waals surface area contributed by atoms with Crippen LogP contribution in [-0.4, -0.2) is 79.4 Å². The van der Waals surface area contributed by atoms with Gasteiger partial charge in [-0.2, -0.15) is 0 Å². The molecule has 0 heterocycles. The van der Waals surface area contributed by atoms with Crippen molar-refractivity contribution in [2.45, 2.75) is 19.8 Å². The molecule has 3 rings (SSSR count). The maximum Gasteiger partial charge on any atom is 0.200 e. The van der Waals surface area contributed by atoms with Crippen molar-refractivity contribution >= 4 is 47.8 Å². The average Bonchev–Trinajstić information content (AvgIpc) is 2.82. The van der Waals surface area contributed by atoms with E-state index < -0.39 is 5.78 Å². The van der Waals surface area contributed by atoms with Gasteiger partial charge >= 0.3 is 0 Å². The summed E-state index contributed by atoms with van der Waals surface area (Å²) in [6, 6.07) is 6.72. The SMILES string of the molecule is CC(C)c1ccc(O)c2c1C(=O)c1c(NCCNCCO)ccc(NCCNCCO)c1C2=O.Cl.Cl. The number of carbonyl (C=O) groups excluding carboxylic acids is 2. The minimum Gasteiger partial charge on any atom is -0.507 e. The van der Waals surface area contributed by atoms with Gasteiger partial charge in [-0.15, -0.1) is 24.8 Å². The normalized spacial score (nSPS) is 11.9. The number of hydrogen-bond donors (Lipinski definition) is 7. The van der Waals surface area contributed by atoms with Crippen molar-refractivity contribution in [1.29, 1.82) is 0 Å². The molecule has 9 nitrogen and oxygen atoms in total. The van der Waals surface area contributed by atoms with Crippen LogP contribution in [0.1, 0.15) is 57.2 Å². The van der Waals surface area contributed by atoms with Gasteiger partial charge in [-0.1, -0.05) is 19.9 Å². The average molecular weight is 543 g/mol. The standard InChI is InChI=1S/C25H34N4O5.2ClH/c1-15(2)16-3-6-19(32)23-20(16)24(33)21-17(28-9-7-26-11-13-30)4-5-18(22(21)25(23)34)29-10-8-27-12-14-31;;/h3-6,15,26-32H,7-14H2,1-2H3;2*1H. The second-order valence-electron chi connectivity index (χ2n) is 8.45. The van der Waals surface area contributed by atoms with Gasteiger partial charge in [0.2, 0.25) is 0 Å². The zero-order chi connectivity index (χ0) is 24.7. The minimum absolute atomic E-state index is 0. The van der Waals surface area contributed by atoms with Gasteiger partial charge in [0.05, 0.1) is 29.9 Å². The molecule has 0 aliphatic heterocycles. The lowest BCUT2D eigenvalue weighted by atomic mass is 9.78. The van der Waals surface area contributed by atoms with Crippen molar-refractivity contribution in [1.82, 2.24) is 10.6 Å². The minimum atomic E-state index is -0.391. The molecule has 11 heteroatoms. The van der Waals surface area contributed by atoms with Crippen molar-refractivity contribution in [3.05, 3.63) is 52.1 Å². The van der Waals surface area contributed by atoms with Gasteiger partial charge < -0.3 is 36.6 Å². The summed E-state index contributed by atoms with van der Waals surface area (Å²) in [5.41, 5.74) is 2.63. The van der Waals surface area contributed by atoms with E-state index in [0.717, 1.165) is 5.56 Å². The molecule has 0 saturated heterocycles. The number of fused-ring (bicyclic) bond motifs is 2. The number of benzene rings is 2. The van der Waals surface area contributed by atoms with Gasteiger partial charge in [0.1, 0.15) is 5.75 Å². The largest absolute Gasteiger partial charge is 0.507 e. The Hall–Kier alpha value is -2.40. The summed E-state index contributed by atoms with van der Waals surface area (Å²) < 4.78 is 0. The van der Waals surface area contributed by atoms with Crippen LogP contribution < -0.4 is 21.3 Å². The van der Waals surface area contributed by atoms with E-state index >= 15 is 0 Å².